The third-order valence-corrected chi connectivity index (χ3v) is 2.93. The van der Waals surface area contributed by atoms with Gasteiger partial charge in [-0.1, -0.05) is 29.8 Å². The van der Waals surface area contributed by atoms with Crippen LogP contribution in [0.15, 0.2) is 36.4 Å². The molecule has 0 saturated carbocycles. The predicted octanol–water partition coefficient (Wildman–Crippen LogP) is 2.33. The number of pyridine rings is 1. The molecule has 0 unspecified atom stereocenters. The molecule has 20 heavy (non-hydrogen) atoms. The lowest BCUT2D eigenvalue weighted by Gasteiger charge is -2.09. The Morgan fingerprint density at radius 3 is 2.85 bits per heavy atom. The summed E-state index contributed by atoms with van der Waals surface area (Å²) in [7, 11) is 0. The van der Waals surface area contributed by atoms with Gasteiger partial charge in [-0.15, -0.1) is 0 Å². The Morgan fingerprint density at radius 2 is 2.15 bits per heavy atom. The second-order valence-electron chi connectivity index (χ2n) is 4.61. The zero-order chi connectivity index (χ0) is 14.5. The number of carboxylic acid groups (broad SMARTS) is 1. The Morgan fingerprint density at radius 1 is 1.35 bits per heavy atom. The molecule has 0 radical (unpaired) electrons. The molecule has 0 aliphatic rings. The van der Waals surface area contributed by atoms with E-state index in [-0.39, 0.29) is 5.69 Å². The molecule has 0 aliphatic heterocycles. The van der Waals surface area contributed by atoms with Gasteiger partial charge < -0.3 is 16.2 Å². The normalized spacial score (nSPS) is 10.2. The maximum Gasteiger partial charge on any atom is 0.354 e. The highest BCUT2D eigenvalue weighted by Gasteiger charge is 2.08. The monoisotopic (exact) mass is 271 g/mol. The van der Waals surface area contributed by atoms with E-state index in [0.29, 0.717) is 18.1 Å². The van der Waals surface area contributed by atoms with Gasteiger partial charge in [0.2, 0.25) is 0 Å². The highest BCUT2D eigenvalue weighted by atomic mass is 16.4. The number of anilines is 2. The van der Waals surface area contributed by atoms with Crippen molar-refractivity contribution in [2.45, 2.75) is 13.3 Å². The highest BCUT2D eigenvalue weighted by Crippen LogP contribution is 2.16. The van der Waals surface area contributed by atoms with Crippen LogP contribution in [0.3, 0.4) is 0 Å². The van der Waals surface area contributed by atoms with Crippen LogP contribution in [0.2, 0.25) is 0 Å². The van der Waals surface area contributed by atoms with Crippen molar-refractivity contribution in [2.75, 3.05) is 17.6 Å². The molecule has 2 rings (SSSR count). The molecule has 1 aromatic heterocycles. The molecule has 1 heterocycles. The van der Waals surface area contributed by atoms with E-state index in [0.717, 1.165) is 6.42 Å². The van der Waals surface area contributed by atoms with E-state index < -0.39 is 5.97 Å². The predicted molar refractivity (Wildman–Crippen MR) is 79.0 cm³/mol. The smallest absolute Gasteiger partial charge is 0.354 e. The topological polar surface area (TPSA) is 88.2 Å². The molecule has 0 saturated heterocycles. The number of hydrogen-bond acceptors (Lipinski definition) is 4. The summed E-state index contributed by atoms with van der Waals surface area (Å²) < 4.78 is 0. The van der Waals surface area contributed by atoms with Crippen LogP contribution in [0, 0.1) is 6.92 Å². The van der Waals surface area contributed by atoms with Gasteiger partial charge in [0.1, 0.15) is 5.82 Å². The van der Waals surface area contributed by atoms with Crippen molar-refractivity contribution in [1.82, 2.24) is 4.98 Å². The lowest BCUT2D eigenvalue weighted by Crippen LogP contribution is -2.11. The number of nitrogen functional groups attached to an aromatic ring is 1. The molecular formula is C15H17N3O2. The number of benzene rings is 1. The van der Waals surface area contributed by atoms with Crippen molar-refractivity contribution in [1.29, 1.82) is 0 Å². The minimum atomic E-state index is -1.06. The van der Waals surface area contributed by atoms with Gasteiger partial charge in [0.15, 0.2) is 5.69 Å². The standard InChI is InChI=1S/C15H17N3O2/c1-10-3-2-4-11(9-10)7-8-17-14-12(16)5-6-13(18-14)15(19)20/h2-6,9H,7-8,16H2,1H3,(H,17,18)(H,19,20). The van der Waals surface area contributed by atoms with Gasteiger partial charge in [0.05, 0.1) is 5.69 Å². The second kappa shape index (κ2) is 6.06. The minimum Gasteiger partial charge on any atom is -0.477 e. The van der Waals surface area contributed by atoms with Gasteiger partial charge in [0, 0.05) is 6.54 Å². The number of nitrogens with one attached hydrogen (secondary N) is 1. The zero-order valence-electron chi connectivity index (χ0n) is 11.3. The SMILES string of the molecule is Cc1cccc(CCNc2nc(C(=O)O)ccc2N)c1. The minimum absolute atomic E-state index is 0.0164. The van der Waals surface area contributed by atoms with Crippen molar-refractivity contribution in [2.24, 2.45) is 0 Å². The van der Waals surface area contributed by atoms with Crippen LogP contribution in [0.4, 0.5) is 11.5 Å². The van der Waals surface area contributed by atoms with E-state index in [9.17, 15) is 4.79 Å². The number of nitrogens with two attached hydrogens (primary N) is 1. The lowest BCUT2D eigenvalue weighted by molar-refractivity contribution is 0.0690. The fraction of sp³-hybridized carbons (Fsp3) is 0.200. The molecule has 0 aliphatic carbocycles. The summed E-state index contributed by atoms with van der Waals surface area (Å²) in [4.78, 5) is 14.9. The van der Waals surface area contributed by atoms with Crippen LogP contribution in [0.5, 0.6) is 0 Å². The Labute approximate surface area is 117 Å². The first-order valence-electron chi connectivity index (χ1n) is 6.35. The maximum absolute atomic E-state index is 10.9. The molecule has 2 aromatic rings. The van der Waals surface area contributed by atoms with E-state index >= 15 is 0 Å². The summed E-state index contributed by atoms with van der Waals surface area (Å²) in [5.74, 6) is -0.649. The fourth-order valence-corrected chi connectivity index (χ4v) is 1.92. The van der Waals surface area contributed by atoms with E-state index in [2.05, 4.69) is 22.4 Å². The van der Waals surface area contributed by atoms with Crippen molar-refractivity contribution < 1.29 is 9.90 Å². The quantitative estimate of drug-likeness (QED) is 0.776. The molecule has 5 heteroatoms. The molecule has 0 spiro atoms. The highest BCUT2D eigenvalue weighted by molar-refractivity contribution is 5.86. The third-order valence-electron chi connectivity index (χ3n) is 2.93. The van der Waals surface area contributed by atoms with Gasteiger partial charge in [-0.2, -0.15) is 0 Å². The summed E-state index contributed by atoms with van der Waals surface area (Å²) in [5.41, 5.74) is 8.63. The average molecular weight is 271 g/mol. The molecule has 1 aromatic carbocycles. The number of hydrogen-bond donors (Lipinski definition) is 3. The second-order valence-corrected chi connectivity index (χ2v) is 4.61. The molecule has 5 nitrogen and oxygen atoms in total. The van der Waals surface area contributed by atoms with E-state index in [1.54, 1.807) is 6.07 Å². The number of aromatic nitrogens is 1. The van der Waals surface area contributed by atoms with Crippen LogP contribution in [0.1, 0.15) is 21.6 Å². The Bertz CT molecular complexity index is 626. The molecule has 0 amide bonds. The Kier molecular flexibility index (Phi) is 4.20. The maximum atomic E-state index is 10.9. The van der Waals surface area contributed by atoms with Gasteiger partial charge >= 0.3 is 5.97 Å². The molecule has 4 N–H and O–H groups in total. The van der Waals surface area contributed by atoms with Crippen LogP contribution in [-0.4, -0.2) is 22.6 Å². The molecular weight excluding hydrogens is 254 g/mol. The number of carboxylic acids is 1. The fourth-order valence-electron chi connectivity index (χ4n) is 1.92. The molecule has 104 valence electrons. The van der Waals surface area contributed by atoms with Gasteiger partial charge in [-0.05, 0) is 31.0 Å². The molecule has 0 fully saturated rings. The van der Waals surface area contributed by atoms with E-state index in [1.165, 1.54) is 17.2 Å². The molecule has 0 bridgehead atoms. The van der Waals surface area contributed by atoms with Crippen LogP contribution in [-0.2, 0) is 6.42 Å². The summed E-state index contributed by atoms with van der Waals surface area (Å²) in [6.07, 6.45) is 0.820. The van der Waals surface area contributed by atoms with Gasteiger partial charge in [0.25, 0.3) is 0 Å². The van der Waals surface area contributed by atoms with E-state index in [1.807, 2.05) is 19.1 Å². The first kappa shape index (κ1) is 13.9. The van der Waals surface area contributed by atoms with Crippen LogP contribution >= 0.6 is 0 Å². The number of carbonyl (C=O) groups is 1. The van der Waals surface area contributed by atoms with Crippen molar-refractivity contribution in [3.05, 3.63) is 53.2 Å². The number of aryl methyl sites for hydroxylation is 1. The number of rotatable bonds is 5. The summed E-state index contributed by atoms with van der Waals surface area (Å²) >= 11 is 0. The molecule has 0 atom stereocenters. The summed E-state index contributed by atoms with van der Waals surface area (Å²) in [6.45, 7) is 2.69. The first-order chi connectivity index (χ1) is 9.56. The summed E-state index contributed by atoms with van der Waals surface area (Å²) in [5, 5.41) is 12.0. The van der Waals surface area contributed by atoms with Gasteiger partial charge in [-0.25, -0.2) is 9.78 Å². The summed E-state index contributed by atoms with van der Waals surface area (Å²) in [6, 6.07) is 11.2. The lowest BCUT2D eigenvalue weighted by atomic mass is 10.1. The van der Waals surface area contributed by atoms with Crippen LogP contribution in [0.25, 0.3) is 0 Å². The van der Waals surface area contributed by atoms with Crippen molar-refractivity contribution in [3.63, 3.8) is 0 Å². The van der Waals surface area contributed by atoms with Crippen molar-refractivity contribution in [3.8, 4) is 0 Å². The Hall–Kier alpha value is -2.56. The first-order valence-corrected chi connectivity index (χ1v) is 6.35. The van der Waals surface area contributed by atoms with E-state index in [4.69, 9.17) is 10.8 Å². The number of aromatic carboxylic acids is 1. The third kappa shape index (κ3) is 3.47. The van der Waals surface area contributed by atoms with Crippen molar-refractivity contribution >= 4 is 17.5 Å². The number of nitrogens with zero attached hydrogens (tertiary/aromatic N) is 1. The largest absolute Gasteiger partial charge is 0.477 e. The Balaban J connectivity index is 2.00. The van der Waals surface area contributed by atoms with Gasteiger partial charge in [-0.3, -0.25) is 0 Å². The average Bonchev–Trinajstić information content (AvgIpc) is 2.40. The zero-order valence-corrected chi connectivity index (χ0v) is 11.3. The van der Waals surface area contributed by atoms with Crippen LogP contribution < -0.4 is 11.1 Å².